The van der Waals surface area contributed by atoms with Crippen LogP contribution in [0.5, 0.6) is 0 Å². The van der Waals surface area contributed by atoms with E-state index in [0.29, 0.717) is 12.8 Å². The van der Waals surface area contributed by atoms with Crippen molar-refractivity contribution < 1.29 is 18.3 Å². The van der Waals surface area contributed by atoms with Crippen LogP contribution < -0.4 is 4.72 Å². The number of carboxylic acid groups (broad SMARTS) is 1. The summed E-state index contributed by atoms with van der Waals surface area (Å²) in [7, 11) is -3.70. The summed E-state index contributed by atoms with van der Waals surface area (Å²) in [4.78, 5) is 11.1. The molecule has 7 heteroatoms. The molecule has 0 saturated carbocycles. The first-order valence-corrected chi connectivity index (χ1v) is 8.34. The van der Waals surface area contributed by atoms with E-state index in [9.17, 15) is 13.2 Å². The Morgan fingerprint density at radius 3 is 2.74 bits per heavy atom. The summed E-state index contributed by atoms with van der Waals surface area (Å²) >= 11 is 0. The van der Waals surface area contributed by atoms with Crippen molar-refractivity contribution in [2.75, 3.05) is 6.54 Å². The number of unbranched alkanes of at least 4 members (excludes halogenated alkanes) is 1. The summed E-state index contributed by atoms with van der Waals surface area (Å²) in [5, 5.41) is 9.11. The Morgan fingerprint density at radius 1 is 1.47 bits per heavy atom. The average Bonchev–Trinajstić information content (AvgIpc) is 2.35. The van der Waals surface area contributed by atoms with Gasteiger partial charge in [0.1, 0.15) is 6.04 Å². The number of nitrogens with zero attached hydrogens (tertiary/aromatic N) is 1. The molecular weight excluding hydrogens is 268 g/mol. The standard InChI is InChI=1S/C12H24N2O4S/c1-3-4-7-10(2)13-19(17,18)14-9-6-5-8-11(14)12(15)16/h10-11,13H,3-9H2,1-2H3,(H,15,16). The molecule has 2 N–H and O–H groups in total. The molecule has 1 fully saturated rings. The lowest BCUT2D eigenvalue weighted by Gasteiger charge is -2.32. The van der Waals surface area contributed by atoms with E-state index in [-0.39, 0.29) is 12.6 Å². The number of piperidine rings is 1. The molecule has 0 amide bonds. The van der Waals surface area contributed by atoms with E-state index in [4.69, 9.17) is 5.11 Å². The molecule has 0 aromatic rings. The molecule has 0 aromatic heterocycles. The average molecular weight is 292 g/mol. The summed E-state index contributed by atoms with van der Waals surface area (Å²) in [6, 6.07) is -1.09. The van der Waals surface area contributed by atoms with Crippen LogP contribution >= 0.6 is 0 Å². The summed E-state index contributed by atoms with van der Waals surface area (Å²) in [5.41, 5.74) is 0. The van der Waals surface area contributed by atoms with Gasteiger partial charge >= 0.3 is 5.97 Å². The number of hydrogen-bond donors (Lipinski definition) is 2. The molecule has 6 nitrogen and oxygen atoms in total. The van der Waals surface area contributed by atoms with E-state index in [0.717, 1.165) is 30.0 Å². The molecule has 2 unspecified atom stereocenters. The summed E-state index contributed by atoms with van der Waals surface area (Å²) in [6.07, 6.45) is 4.59. The fourth-order valence-corrected chi connectivity index (χ4v) is 3.99. The van der Waals surface area contributed by atoms with Gasteiger partial charge in [-0.15, -0.1) is 0 Å². The Bertz CT molecular complexity index is 397. The SMILES string of the molecule is CCCCC(C)NS(=O)(=O)N1CCCCC1C(=O)O. The van der Waals surface area contributed by atoms with E-state index >= 15 is 0 Å². The molecule has 1 heterocycles. The van der Waals surface area contributed by atoms with Crippen LogP contribution in [0.15, 0.2) is 0 Å². The molecule has 0 radical (unpaired) electrons. The van der Waals surface area contributed by atoms with Gasteiger partial charge in [0, 0.05) is 12.6 Å². The second-order valence-electron chi connectivity index (χ2n) is 5.13. The third-order valence-electron chi connectivity index (χ3n) is 3.39. The highest BCUT2D eigenvalue weighted by Gasteiger charge is 2.37. The quantitative estimate of drug-likeness (QED) is 0.741. The Balaban J connectivity index is 2.71. The van der Waals surface area contributed by atoms with Crippen molar-refractivity contribution in [3.8, 4) is 0 Å². The number of aliphatic carboxylic acids is 1. The molecule has 0 bridgehead atoms. The van der Waals surface area contributed by atoms with Gasteiger partial charge in [0.2, 0.25) is 0 Å². The van der Waals surface area contributed by atoms with E-state index in [1.807, 2.05) is 13.8 Å². The maximum Gasteiger partial charge on any atom is 0.322 e. The fourth-order valence-electron chi connectivity index (χ4n) is 2.33. The molecule has 1 aliphatic heterocycles. The Labute approximate surface area is 115 Å². The van der Waals surface area contributed by atoms with Crippen LogP contribution in [0.1, 0.15) is 52.4 Å². The Hall–Kier alpha value is -0.660. The van der Waals surface area contributed by atoms with Crippen LogP contribution in [-0.4, -0.2) is 42.4 Å². The lowest BCUT2D eigenvalue weighted by molar-refractivity contribution is -0.142. The molecule has 1 saturated heterocycles. The van der Waals surface area contributed by atoms with E-state index in [1.165, 1.54) is 0 Å². The van der Waals surface area contributed by atoms with Crippen LogP contribution in [0, 0.1) is 0 Å². The number of carbonyl (C=O) groups is 1. The highest BCUT2D eigenvalue weighted by Crippen LogP contribution is 2.20. The van der Waals surface area contributed by atoms with Gasteiger partial charge < -0.3 is 5.11 Å². The molecule has 2 atom stereocenters. The maximum atomic E-state index is 12.2. The number of hydrogen-bond acceptors (Lipinski definition) is 3. The van der Waals surface area contributed by atoms with E-state index < -0.39 is 22.2 Å². The van der Waals surface area contributed by atoms with E-state index in [2.05, 4.69) is 4.72 Å². The van der Waals surface area contributed by atoms with Crippen molar-refractivity contribution in [3.05, 3.63) is 0 Å². The number of rotatable bonds is 7. The Kier molecular flexibility index (Phi) is 6.22. The first kappa shape index (κ1) is 16.4. The zero-order valence-corrected chi connectivity index (χ0v) is 12.4. The first-order valence-electron chi connectivity index (χ1n) is 6.90. The van der Waals surface area contributed by atoms with Crippen molar-refractivity contribution in [2.45, 2.75) is 64.5 Å². The van der Waals surface area contributed by atoms with Crippen molar-refractivity contribution >= 4 is 16.2 Å². The second kappa shape index (κ2) is 7.21. The lowest BCUT2D eigenvalue weighted by Crippen LogP contribution is -2.53. The van der Waals surface area contributed by atoms with Crippen molar-refractivity contribution in [2.24, 2.45) is 0 Å². The Morgan fingerprint density at radius 2 is 2.16 bits per heavy atom. The first-order chi connectivity index (χ1) is 8.88. The summed E-state index contributed by atoms with van der Waals surface area (Å²) in [6.45, 7) is 4.14. The van der Waals surface area contributed by atoms with Crippen molar-refractivity contribution in [1.29, 1.82) is 0 Å². The number of carboxylic acids is 1. The minimum absolute atomic E-state index is 0.165. The molecule has 0 spiro atoms. The van der Waals surface area contributed by atoms with Gasteiger partial charge in [-0.2, -0.15) is 17.4 Å². The normalized spacial score (nSPS) is 23.2. The smallest absolute Gasteiger partial charge is 0.322 e. The van der Waals surface area contributed by atoms with Gasteiger partial charge in [0.05, 0.1) is 0 Å². The molecule has 0 aromatic carbocycles. The maximum absolute atomic E-state index is 12.2. The zero-order chi connectivity index (χ0) is 14.5. The van der Waals surface area contributed by atoms with Gasteiger partial charge in [-0.1, -0.05) is 19.8 Å². The molecule has 1 aliphatic rings. The lowest BCUT2D eigenvalue weighted by atomic mass is 10.1. The molecule has 0 aliphatic carbocycles. The van der Waals surface area contributed by atoms with Crippen LogP contribution in [0.2, 0.25) is 0 Å². The predicted octanol–water partition coefficient (Wildman–Crippen LogP) is 1.34. The monoisotopic (exact) mass is 292 g/mol. The van der Waals surface area contributed by atoms with Gasteiger partial charge in [0.25, 0.3) is 10.2 Å². The van der Waals surface area contributed by atoms with Crippen molar-refractivity contribution in [3.63, 3.8) is 0 Å². The van der Waals surface area contributed by atoms with E-state index in [1.54, 1.807) is 0 Å². The predicted molar refractivity (Wildman–Crippen MR) is 73.0 cm³/mol. The van der Waals surface area contributed by atoms with Gasteiger partial charge in [-0.05, 0) is 32.6 Å². The topological polar surface area (TPSA) is 86.7 Å². The molecule has 1 rings (SSSR count). The highest BCUT2D eigenvalue weighted by molar-refractivity contribution is 7.87. The van der Waals surface area contributed by atoms with Crippen LogP contribution in [0.25, 0.3) is 0 Å². The van der Waals surface area contributed by atoms with Crippen LogP contribution in [-0.2, 0) is 15.0 Å². The molecular formula is C12H24N2O4S. The van der Waals surface area contributed by atoms with Gasteiger partial charge in [-0.25, -0.2) is 0 Å². The largest absolute Gasteiger partial charge is 0.480 e. The second-order valence-corrected chi connectivity index (χ2v) is 6.78. The minimum Gasteiger partial charge on any atom is -0.480 e. The van der Waals surface area contributed by atoms with Crippen LogP contribution in [0.3, 0.4) is 0 Å². The number of nitrogens with one attached hydrogen (secondary N) is 1. The third kappa shape index (κ3) is 4.74. The molecule has 112 valence electrons. The highest BCUT2D eigenvalue weighted by atomic mass is 32.2. The summed E-state index contributed by atoms with van der Waals surface area (Å²) < 4.78 is 28.1. The minimum atomic E-state index is -3.70. The van der Waals surface area contributed by atoms with Crippen LogP contribution in [0.4, 0.5) is 0 Å². The summed E-state index contributed by atoms with van der Waals surface area (Å²) in [5.74, 6) is -1.06. The van der Waals surface area contributed by atoms with Gasteiger partial charge in [0.15, 0.2) is 0 Å². The van der Waals surface area contributed by atoms with Gasteiger partial charge in [-0.3, -0.25) is 4.79 Å². The molecule has 19 heavy (non-hydrogen) atoms. The third-order valence-corrected chi connectivity index (χ3v) is 5.14. The zero-order valence-electron chi connectivity index (χ0n) is 11.6. The van der Waals surface area contributed by atoms with Crippen molar-refractivity contribution in [1.82, 2.24) is 9.03 Å². The fraction of sp³-hybridized carbons (Fsp3) is 0.917.